The third-order valence-electron chi connectivity index (χ3n) is 7.09. The van der Waals surface area contributed by atoms with Crippen molar-refractivity contribution in [3.8, 4) is 0 Å². The van der Waals surface area contributed by atoms with Gasteiger partial charge in [0.1, 0.15) is 5.82 Å². The lowest BCUT2D eigenvalue weighted by Crippen LogP contribution is -2.54. The highest BCUT2D eigenvalue weighted by atomic mass is 19.4. The third kappa shape index (κ3) is 4.47. The number of aryl methyl sites for hydroxylation is 1. The van der Waals surface area contributed by atoms with Gasteiger partial charge in [-0.15, -0.1) is 5.10 Å². The lowest BCUT2D eigenvalue weighted by molar-refractivity contribution is -0.143. The molecule has 0 unspecified atom stereocenters. The zero-order valence-corrected chi connectivity index (χ0v) is 19.1. The molecule has 2 bridgehead atoms. The van der Waals surface area contributed by atoms with E-state index in [4.69, 9.17) is 4.74 Å². The number of ether oxygens (including phenoxy) is 1. The second-order valence-electron chi connectivity index (χ2n) is 9.32. The molecule has 5 rings (SSSR count). The molecule has 192 valence electrons. The molecular formula is C24H23F6N5O. The van der Waals surface area contributed by atoms with Crippen molar-refractivity contribution in [3.05, 3.63) is 76.6 Å². The lowest BCUT2D eigenvalue weighted by Gasteiger charge is -2.42. The number of nitrogens with one attached hydrogen (secondary N) is 1. The number of hydrogen-bond acceptors (Lipinski definition) is 5. The summed E-state index contributed by atoms with van der Waals surface area (Å²) >= 11 is 0. The van der Waals surface area contributed by atoms with Crippen molar-refractivity contribution >= 4 is 0 Å². The van der Waals surface area contributed by atoms with Crippen molar-refractivity contribution in [1.82, 2.24) is 25.5 Å². The van der Waals surface area contributed by atoms with Crippen LogP contribution in [0.15, 0.2) is 48.5 Å². The Morgan fingerprint density at radius 1 is 1.00 bits per heavy atom. The summed E-state index contributed by atoms with van der Waals surface area (Å²) in [6.45, 7) is 1.41. The quantitative estimate of drug-likeness (QED) is 0.478. The normalized spacial score (nSPS) is 26.4. The zero-order valence-electron chi connectivity index (χ0n) is 19.1. The van der Waals surface area contributed by atoms with E-state index in [1.165, 1.54) is 0 Å². The van der Waals surface area contributed by atoms with Gasteiger partial charge in [0, 0.05) is 6.04 Å². The van der Waals surface area contributed by atoms with E-state index in [2.05, 4.69) is 20.8 Å². The monoisotopic (exact) mass is 511 g/mol. The Morgan fingerprint density at radius 3 is 2.25 bits per heavy atom. The summed E-state index contributed by atoms with van der Waals surface area (Å²) in [5.41, 5.74) is -2.68. The van der Waals surface area contributed by atoms with Gasteiger partial charge < -0.3 is 10.1 Å². The number of nitrogens with zero attached hydrogens (tertiary/aromatic N) is 4. The second kappa shape index (κ2) is 8.84. The number of halogens is 6. The Hall–Kier alpha value is -2.99. The summed E-state index contributed by atoms with van der Waals surface area (Å²) in [6.07, 6.45) is -8.53. The maximum absolute atomic E-state index is 13.3. The molecular weight excluding hydrogens is 488 g/mol. The van der Waals surface area contributed by atoms with Crippen molar-refractivity contribution < 1.29 is 31.1 Å². The number of alkyl halides is 6. The van der Waals surface area contributed by atoms with Crippen LogP contribution in [0.4, 0.5) is 26.3 Å². The molecule has 36 heavy (non-hydrogen) atoms. The van der Waals surface area contributed by atoms with Gasteiger partial charge in [0.05, 0.1) is 35.4 Å². The van der Waals surface area contributed by atoms with Crippen molar-refractivity contribution in [1.29, 1.82) is 0 Å². The maximum atomic E-state index is 13.3. The van der Waals surface area contributed by atoms with E-state index >= 15 is 0 Å². The molecule has 1 N–H and O–H groups in total. The van der Waals surface area contributed by atoms with Crippen LogP contribution >= 0.6 is 0 Å². The molecule has 0 spiro atoms. The smallest absolute Gasteiger partial charge is 0.371 e. The highest BCUT2D eigenvalue weighted by molar-refractivity contribution is 5.34. The molecule has 0 aliphatic carbocycles. The minimum atomic E-state index is -4.91. The molecule has 6 nitrogen and oxygen atoms in total. The fourth-order valence-electron chi connectivity index (χ4n) is 5.47. The number of tetrazole rings is 1. The SMILES string of the molecule is Cc1nnnn1[C@@H]1C[C@]2(c3ccccc3)N[C@H]1CC[C@H]2OCc1cc(C(F)(F)F)cc(C(F)(F)F)c1. The molecule has 0 amide bonds. The number of benzene rings is 2. The highest BCUT2D eigenvalue weighted by Gasteiger charge is 2.55. The largest absolute Gasteiger partial charge is 0.416 e. The maximum Gasteiger partial charge on any atom is 0.416 e. The fraction of sp³-hybridized carbons (Fsp3) is 0.458. The Balaban J connectivity index is 1.46. The molecule has 2 aliphatic heterocycles. The first-order valence-electron chi connectivity index (χ1n) is 11.4. The number of fused-ring (bicyclic) bond motifs is 2. The van der Waals surface area contributed by atoms with E-state index in [1.54, 1.807) is 11.6 Å². The summed E-state index contributed by atoms with van der Waals surface area (Å²) in [5.74, 6) is 0.652. The molecule has 2 aromatic carbocycles. The number of aromatic nitrogens is 4. The van der Waals surface area contributed by atoms with Crippen LogP contribution in [0.3, 0.4) is 0 Å². The van der Waals surface area contributed by atoms with Crippen LogP contribution in [0.25, 0.3) is 0 Å². The first-order valence-corrected chi connectivity index (χ1v) is 11.4. The Kier molecular flexibility index (Phi) is 6.06. The van der Waals surface area contributed by atoms with Crippen LogP contribution in [-0.2, 0) is 29.2 Å². The first kappa shape index (κ1) is 24.7. The van der Waals surface area contributed by atoms with Crippen LogP contribution in [0, 0.1) is 6.92 Å². The summed E-state index contributed by atoms with van der Waals surface area (Å²) < 4.78 is 87.7. The average molecular weight is 511 g/mol. The molecule has 2 aliphatic rings. The van der Waals surface area contributed by atoms with Crippen molar-refractivity contribution in [2.45, 2.75) is 68.9 Å². The molecule has 0 radical (unpaired) electrons. The van der Waals surface area contributed by atoms with Gasteiger partial charge in [-0.05, 0) is 65.9 Å². The number of hydrogen-bond donors (Lipinski definition) is 1. The van der Waals surface area contributed by atoms with E-state index < -0.39 is 41.7 Å². The van der Waals surface area contributed by atoms with Gasteiger partial charge >= 0.3 is 12.4 Å². The predicted molar refractivity (Wildman–Crippen MR) is 116 cm³/mol. The van der Waals surface area contributed by atoms with Gasteiger partial charge in [0.25, 0.3) is 0 Å². The van der Waals surface area contributed by atoms with Crippen LogP contribution in [-0.4, -0.2) is 32.4 Å². The van der Waals surface area contributed by atoms with Gasteiger partial charge in [-0.2, -0.15) is 26.3 Å². The van der Waals surface area contributed by atoms with Crippen LogP contribution < -0.4 is 5.32 Å². The summed E-state index contributed by atoms with van der Waals surface area (Å²) in [6, 6.07) is 11.0. The van der Waals surface area contributed by atoms with E-state index in [-0.39, 0.29) is 23.7 Å². The number of rotatable bonds is 5. The van der Waals surface area contributed by atoms with Gasteiger partial charge in [-0.3, -0.25) is 0 Å². The lowest BCUT2D eigenvalue weighted by atomic mass is 9.80. The average Bonchev–Trinajstić information content (AvgIpc) is 3.39. The Morgan fingerprint density at radius 2 is 1.67 bits per heavy atom. The third-order valence-corrected chi connectivity index (χ3v) is 7.09. The summed E-state index contributed by atoms with van der Waals surface area (Å²) in [4.78, 5) is 0. The first-order chi connectivity index (χ1) is 17.0. The standard InChI is InChI=1S/C24H23F6N5O/c1-14-32-33-34-35(14)20-12-22(16-5-3-2-4-6-16)21(8-7-19(20)31-22)36-13-15-9-17(23(25,26)27)11-18(10-15)24(28,29)30/h2-6,9-11,19-21,31H,7-8,12-13H2,1H3/t19-,20+,21+,22+/m0/s1. The molecule has 3 heterocycles. The highest BCUT2D eigenvalue weighted by Crippen LogP contribution is 2.49. The minimum Gasteiger partial charge on any atom is -0.371 e. The Labute approximate surface area is 202 Å². The van der Waals surface area contributed by atoms with Crippen LogP contribution in [0.2, 0.25) is 0 Å². The summed E-state index contributed by atoms with van der Waals surface area (Å²) in [5, 5.41) is 15.5. The van der Waals surface area contributed by atoms with Gasteiger partial charge in [0.2, 0.25) is 0 Å². The molecule has 1 aromatic heterocycles. The molecule has 2 saturated heterocycles. The van der Waals surface area contributed by atoms with E-state index in [1.807, 2.05) is 30.3 Å². The van der Waals surface area contributed by atoms with Gasteiger partial charge in [-0.25, -0.2) is 4.68 Å². The predicted octanol–water partition coefficient (Wildman–Crippen LogP) is 5.20. The number of piperidine rings is 1. The molecule has 12 heteroatoms. The Bertz CT molecular complexity index is 1200. The van der Waals surface area contributed by atoms with Crippen molar-refractivity contribution in [2.24, 2.45) is 0 Å². The van der Waals surface area contributed by atoms with Gasteiger partial charge in [0.15, 0.2) is 0 Å². The molecule has 3 aromatic rings. The molecule has 4 atom stereocenters. The van der Waals surface area contributed by atoms with E-state index in [0.717, 1.165) is 5.56 Å². The van der Waals surface area contributed by atoms with Crippen molar-refractivity contribution in [2.75, 3.05) is 0 Å². The summed E-state index contributed by atoms with van der Waals surface area (Å²) in [7, 11) is 0. The van der Waals surface area contributed by atoms with E-state index in [9.17, 15) is 26.3 Å². The zero-order chi connectivity index (χ0) is 25.7. The minimum absolute atomic E-state index is 0.0256. The van der Waals surface area contributed by atoms with Gasteiger partial charge in [-0.1, -0.05) is 30.3 Å². The topological polar surface area (TPSA) is 64.9 Å². The van der Waals surface area contributed by atoms with Crippen LogP contribution in [0.1, 0.15) is 53.4 Å². The second-order valence-corrected chi connectivity index (χ2v) is 9.32. The fourth-order valence-corrected chi connectivity index (χ4v) is 5.47. The molecule has 2 fully saturated rings. The van der Waals surface area contributed by atoms with Crippen LogP contribution in [0.5, 0.6) is 0 Å². The van der Waals surface area contributed by atoms with Crippen molar-refractivity contribution in [3.63, 3.8) is 0 Å². The van der Waals surface area contributed by atoms with E-state index in [0.29, 0.717) is 37.2 Å². The molecule has 0 saturated carbocycles.